The van der Waals surface area contributed by atoms with Crippen molar-refractivity contribution in [3.63, 3.8) is 0 Å². The molecule has 0 saturated heterocycles. The lowest BCUT2D eigenvalue weighted by atomic mass is 10.1. The molecule has 1 atom stereocenters. The van der Waals surface area contributed by atoms with E-state index in [2.05, 4.69) is 47.0 Å². The van der Waals surface area contributed by atoms with Crippen molar-refractivity contribution >= 4 is 34.1 Å². The van der Waals surface area contributed by atoms with E-state index in [0.717, 1.165) is 22.9 Å². The van der Waals surface area contributed by atoms with Crippen LogP contribution in [0.2, 0.25) is 5.02 Å². The van der Waals surface area contributed by atoms with E-state index < -0.39 is 0 Å². The molecule has 5 heteroatoms. The molecule has 0 fully saturated rings. The maximum atomic E-state index is 12.4. The molecular formula is C19H20ClN3O. The quantitative estimate of drug-likeness (QED) is 0.721. The van der Waals surface area contributed by atoms with E-state index in [4.69, 9.17) is 11.6 Å². The van der Waals surface area contributed by atoms with Gasteiger partial charge in [0.2, 0.25) is 5.91 Å². The number of carbonyl (C=O) groups excluding carboxylic acids is 1. The highest BCUT2D eigenvalue weighted by Gasteiger charge is 2.14. The smallest absolute Gasteiger partial charge is 0.228 e. The van der Waals surface area contributed by atoms with Crippen LogP contribution in [-0.2, 0) is 11.2 Å². The molecule has 0 aliphatic carbocycles. The van der Waals surface area contributed by atoms with Gasteiger partial charge >= 0.3 is 0 Å². The second-order valence-corrected chi connectivity index (χ2v) is 6.32. The van der Waals surface area contributed by atoms with Crippen LogP contribution >= 0.6 is 11.6 Å². The number of rotatable bonds is 5. The van der Waals surface area contributed by atoms with Gasteiger partial charge in [-0.2, -0.15) is 0 Å². The van der Waals surface area contributed by atoms with Crippen molar-refractivity contribution in [1.29, 1.82) is 0 Å². The van der Waals surface area contributed by atoms with Crippen molar-refractivity contribution < 1.29 is 4.79 Å². The number of carbonyl (C=O) groups is 1. The molecule has 0 spiro atoms. The van der Waals surface area contributed by atoms with Crippen LogP contribution in [-0.4, -0.2) is 15.5 Å². The van der Waals surface area contributed by atoms with Crippen LogP contribution in [0.25, 0.3) is 10.9 Å². The molecule has 1 unspecified atom stereocenters. The first-order valence-corrected chi connectivity index (χ1v) is 8.45. The van der Waals surface area contributed by atoms with Gasteiger partial charge < -0.3 is 9.88 Å². The third kappa shape index (κ3) is 3.29. The molecule has 1 amide bonds. The summed E-state index contributed by atoms with van der Waals surface area (Å²) in [5.41, 5.74) is 2.77. The van der Waals surface area contributed by atoms with Crippen LogP contribution in [0.3, 0.4) is 0 Å². The highest BCUT2D eigenvalue weighted by Crippen LogP contribution is 2.27. The predicted octanol–water partition coefficient (Wildman–Crippen LogP) is 4.84. The number of nitrogens with one attached hydrogen (secondary N) is 1. The molecule has 1 aromatic carbocycles. The lowest BCUT2D eigenvalue weighted by molar-refractivity contribution is -0.115. The van der Waals surface area contributed by atoms with E-state index >= 15 is 0 Å². The second kappa shape index (κ2) is 7.05. The van der Waals surface area contributed by atoms with Crippen molar-refractivity contribution in [3.8, 4) is 0 Å². The minimum atomic E-state index is -0.0878. The van der Waals surface area contributed by atoms with Crippen molar-refractivity contribution in [2.75, 3.05) is 5.32 Å². The van der Waals surface area contributed by atoms with Crippen LogP contribution < -0.4 is 5.32 Å². The third-order valence-electron chi connectivity index (χ3n) is 4.29. The van der Waals surface area contributed by atoms with E-state index in [-0.39, 0.29) is 5.91 Å². The first kappa shape index (κ1) is 16.5. The fourth-order valence-electron chi connectivity index (χ4n) is 2.82. The number of hydrogen-bond donors (Lipinski definition) is 1. The molecule has 3 aromatic rings. The topological polar surface area (TPSA) is 46.9 Å². The molecule has 2 aromatic heterocycles. The zero-order valence-electron chi connectivity index (χ0n) is 13.8. The molecule has 2 heterocycles. The van der Waals surface area contributed by atoms with Crippen molar-refractivity contribution in [1.82, 2.24) is 9.55 Å². The molecule has 0 radical (unpaired) electrons. The Morgan fingerprint density at radius 2 is 2.12 bits per heavy atom. The number of nitrogens with zero attached hydrogens (tertiary/aromatic N) is 2. The number of hydrogen-bond acceptors (Lipinski definition) is 2. The minimum absolute atomic E-state index is 0.0878. The summed E-state index contributed by atoms with van der Waals surface area (Å²) in [6.07, 6.45) is 6.56. The van der Waals surface area contributed by atoms with Gasteiger partial charge in [0.05, 0.1) is 17.1 Å². The summed E-state index contributed by atoms with van der Waals surface area (Å²) in [4.78, 5) is 16.3. The molecule has 0 bridgehead atoms. The first-order chi connectivity index (χ1) is 11.6. The van der Waals surface area contributed by atoms with E-state index in [0.29, 0.717) is 23.2 Å². The predicted molar refractivity (Wildman–Crippen MR) is 98.5 cm³/mol. The molecule has 24 heavy (non-hydrogen) atoms. The highest BCUT2D eigenvalue weighted by atomic mass is 35.5. The van der Waals surface area contributed by atoms with E-state index in [9.17, 15) is 4.79 Å². The third-order valence-corrected chi connectivity index (χ3v) is 4.59. The Balaban J connectivity index is 1.87. The molecule has 1 N–H and O–H groups in total. The molecule has 0 saturated carbocycles. The van der Waals surface area contributed by atoms with Crippen LogP contribution in [0.4, 0.5) is 5.69 Å². The van der Waals surface area contributed by atoms with Gasteiger partial charge in [0.15, 0.2) is 0 Å². The second-order valence-electron chi connectivity index (χ2n) is 5.92. The number of anilines is 1. The monoisotopic (exact) mass is 341 g/mol. The molecule has 0 aliphatic rings. The van der Waals surface area contributed by atoms with Crippen LogP contribution in [0.15, 0.2) is 48.9 Å². The van der Waals surface area contributed by atoms with Gasteiger partial charge in [-0.3, -0.25) is 9.78 Å². The molecule has 4 nitrogen and oxygen atoms in total. The van der Waals surface area contributed by atoms with Crippen molar-refractivity contribution in [3.05, 3.63) is 59.5 Å². The van der Waals surface area contributed by atoms with Gasteiger partial charge in [0, 0.05) is 35.5 Å². The Morgan fingerprint density at radius 1 is 1.33 bits per heavy atom. The Hall–Kier alpha value is -2.33. The van der Waals surface area contributed by atoms with Gasteiger partial charge in [0.25, 0.3) is 0 Å². The Morgan fingerprint density at radius 3 is 2.88 bits per heavy atom. The number of benzene rings is 1. The Bertz CT molecular complexity index is 872. The van der Waals surface area contributed by atoms with Crippen LogP contribution in [0.1, 0.15) is 31.9 Å². The van der Waals surface area contributed by atoms with E-state index in [1.54, 1.807) is 12.3 Å². The van der Waals surface area contributed by atoms with Crippen molar-refractivity contribution in [2.45, 2.75) is 32.7 Å². The normalized spacial score (nSPS) is 12.3. The summed E-state index contributed by atoms with van der Waals surface area (Å²) in [6.45, 7) is 4.35. The Labute approximate surface area is 146 Å². The average Bonchev–Trinajstić information content (AvgIpc) is 2.95. The lowest BCUT2D eigenvalue weighted by Crippen LogP contribution is -2.14. The number of halogens is 1. The summed E-state index contributed by atoms with van der Waals surface area (Å²) < 4.78 is 2.25. The van der Waals surface area contributed by atoms with Gasteiger partial charge in [-0.15, -0.1) is 0 Å². The van der Waals surface area contributed by atoms with E-state index in [1.165, 1.54) is 6.20 Å². The fourth-order valence-corrected chi connectivity index (χ4v) is 2.99. The number of pyridine rings is 1. The maximum absolute atomic E-state index is 12.4. The molecular weight excluding hydrogens is 322 g/mol. The summed E-state index contributed by atoms with van der Waals surface area (Å²) in [5, 5.41) is 4.41. The minimum Gasteiger partial charge on any atom is -0.344 e. The van der Waals surface area contributed by atoms with Gasteiger partial charge in [-0.25, -0.2) is 0 Å². The largest absolute Gasteiger partial charge is 0.344 e. The van der Waals surface area contributed by atoms with Crippen LogP contribution in [0, 0.1) is 0 Å². The van der Waals surface area contributed by atoms with Gasteiger partial charge in [0.1, 0.15) is 0 Å². The summed E-state index contributed by atoms with van der Waals surface area (Å²) in [5.74, 6) is -0.0878. The SMILES string of the molecule is CCC(C)n1cc(CC(=O)Nc2ccncc2Cl)c2ccccc21. The number of para-hydroxylation sites is 1. The average molecular weight is 342 g/mol. The first-order valence-electron chi connectivity index (χ1n) is 8.08. The summed E-state index contributed by atoms with van der Waals surface area (Å²) in [6, 6.07) is 10.3. The van der Waals surface area contributed by atoms with E-state index in [1.807, 2.05) is 12.1 Å². The Kier molecular flexibility index (Phi) is 4.86. The fraction of sp³-hybridized carbons (Fsp3) is 0.263. The number of amides is 1. The lowest BCUT2D eigenvalue weighted by Gasteiger charge is -2.12. The molecule has 0 aliphatic heterocycles. The molecule has 3 rings (SSSR count). The summed E-state index contributed by atoms with van der Waals surface area (Å²) >= 11 is 6.05. The zero-order chi connectivity index (χ0) is 17.1. The zero-order valence-corrected chi connectivity index (χ0v) is 14.5. The standard InChI is InChI=1S/C19H20ClN3O/c1-3-13(2)23-12-14(15-6-4-5-7-18(15)23)10-19(24)22-17-8-9-21-11-16(17)20/h4-9,11-13H,3,10H2,1-2H3,(H,21,22,24). The van der Waals surface area contributed by atoms with Crippen molar-refractivity contribution in [2.24, 2.45) is 0 Å². The molecule has 124 valence electrons. The summed E-state index contributed by atoms with van der Waals surface area (Å²) in [7, 11) is 0. The van der Waals surface area contributed by atoms with Gasteiger partial charge in [-0.1, -0.05) is 36.7 Å². The number of fused-ring (bicyclic) bond motifs is 1. The maximum Gasteiger partial charge on any atom is 0.228 e. The number of aromatic nitrogens is 2. The highest BCUT2D eigenvalue weighted by molar-refractivity contribution is 6.33. The van der Waals surface area contributed by atoms with Crippen LogP contribution in [0.5, 0.6) is 0 Å². The van der Waals surface area contributed by atoms with Gasteiger partial charge in [-0.05, 0) is 31.0 Å².